The summed E-state index contributed by atoms with van der Waals surface area (Å²) in [5.74, 6) is -0.144. The summed E-state index contributed by atoms with van der Waals surface area (Å²) >= 11 is 0. The van der Waals surface area contributed by atoms with E-state index in [0.29, 0.717) is 25.2 Å². The molecule has 1 fully saturated rings. The van der Waals surface area contributed by atoms with Crippen LogP contribution in [0.2, 0.25) is 0 Å². The van der Waals surface area contributed by atoms with E-state index in [-0.39, 0.29) is 17.5 Å². The molecule has 5 nitrogen and oxygen atoms in total. The predicted octanol–water partition coefficient (Wildman–Crippen LogP) is 3.06. The van der Waals surface area contributed by atoms with E-state index in [4.69, 9.17) is 10.00 Å². The number of methoxy groups -OCH3 is 1. The lowest BCUT2D eigenvalue weighted by atomic mass is 10.1. The molecule has 0 saturated carbocycles. The van der Waals surface area contributed by atoms with Gasteiger partial charge >= 0.3 is 0 Å². The third kappa shape index (κ3) is 4.96. The van der Waals surface area contributed by atoms with E-state index in [1.165, 1.54) is 13.2 Å². The van der Waals surface area contributed by atoms with Crippen LogP contribution in [0.15, 0.2) is 48.5 Å². The van der Waals surface area contributed by atoms with Gasteiger partial charge in [0.15, 0.2) is 11.6 Å². The Balaban J connectivity index is 1.50. The van der Waals surface area contributed by atoms with Gasteiger partial charge in [0.05, 0.1) is 18.7 Å². The zero-order chi connectivity index (χ0) is 19.9. The molecule has 1 saturated heterocycles. The van der Waals surface area contributed by atoms with E-state index in [1.807, 2.05) is 23.1 Å². The van der Waals surface area contributed by atoms with E-state index in [9.17, 15) is 9.18 Å². The number of hydrogen-bond acceptors (Lipinski definition) is 4. The van der Waals surface area contributed by atoms with Crippen LogP contribution < -0.4 is 4.74 Å². The van der Waals surface area contributed by atoms with Gasteiger partial charge in [-0.25, -0.2) is 4.39 Å². The summed E-state index contributed by atoms with van der Waals surface area (Å²) in [7, 11) is 1.45. The highest BCUT2D eigenvalue weighted by atomic mass is 19.1. The molecule has 0 bridgehead atoms. The van der Waals surface area contributed by atoms with Gasteiger partial charge in [-0.3, -0.25) is 9.69 Å². The second-order valence-corrected chi connectivity index (χ2v) is 6.64. The summed E-state index contributed by atoms with van der Waals surface area (Å²) in [6.07, 6.45) is 3.33. The zero-order valence-electron chi connectivity index (χ0n) is 15.8. The van der Waals surface area contributed by atoms with Gasteiger partial charge in [-0.05, 0) is 41.5 Å². The molecule has 2 aromatic carbocycles. The quantitative estimate of drug-likeness (QED) is 0.750. The lowest BCUT2D eigenvalue weighted by Gasteiger charge is -2.34. The number of rotatable bonds is 5. The van der Waals surface area contributed by atoms with E-state index in [2.05, 4.69) is 11.0 Å². The number of hydrogen-bond donors (Lipinski definition) is 0. The molecule has 6 heteroatoms. The van der Waals surface area contributed by atoms with Crippen LogP contribution in [0.5, 0.6) is 5.75 Å². The third-order valence-electron chi connectivity index (χ3n) is 4.76. The maximum Gasteiger partial charge on any atom is 0.246 e. The van der Waals surface area contributed by atoms with Gasteiger partial charge in [0, 0.05) is 38.8 Å². The van der Waals surface area contributed by atoms with Crippen molar-refractivity contribution in [3.63, 3.8) is 0 Å². The number of carbonyl (C=O) groups is 1. The zero-order valence-corrected chi connectivity index (χ0v) is 15.8. The Labute approximate surface area is 164 Å². The molecular weight excluding hydrogens is 357 g/mol. The molecule has 0 aliphatic carbocycles. The Hall–Kier alpha value is -3.17. The van der Waals surface area contributed by atoms with Crippen LogP contribution in [0, 0.1) is 17.1 Å². The summed E-state index contributed by atoms with van der Waals surface area (Å²) in [5, 5.41) is 8.81. The average molecular weight is 379 g/mol. The number of benzene rings is 2. The van der Waals surface area contributed by atoms with Crippen molar-refractivity contribution in [1.82, 2.24) is 9.80 Å². The normalized spacial score (nSPS) is 14.8. The van der Waals surface area contributed by atoms with Crippen LogP contribution in [0.3, 0.4) is 0 Å². The SMILES string of the molecule is COc1ccc(CN2CCN(C(=O)/C=C/c3ccc(C#N)cc3)CC2)cc1F. The number of nitrogens with zero attached hydrogens (tertiary/aromatic N) is 3. The second-order valence-electron chi connectivity index (χ2n) is 6.64. The molecule has 1 aliphatic heterocycles. The number of amides is 1. The van der Waals surface area contributed by atoms with Gasteiger partial charge in [-0.2, -0.15) is 5.26 Å². The van der Waals surface area contributed by atoms with E-state index >= 15 is 0 Å². The number of ether oxygens (including phenoxy) is 1. The molecule has 1 amide bonds. The number of halogens is 1. The Morgan fingerprint density at radius 2 is 1.89 bits per heavy atom. The van der Waals surface area contributed by atoms with Crippen LogP contribution in [0.25, 0.3) is 6.08 Å². The summed E-state index contributed by atoms with van der Waals surface area (Å²) in [6, 6.07) is 14.1. The molecule has 0 aromatic heterocycles. The lowest BCUT2D eigenvalue weighted by Crippen LogP contribution is -2.47. The standard InChI is InChI=1S/C22H22FN3O2/c1-28-21-8-6-19(14-20(21)23)16-25-10-12-26(13-11-25)22(27)9-7-17-2-4-18(15-24)5-3-17/h2-9,14H,10-13,16H2,1H3/b9-7+. The summed E-state index contributed by atoms with van der Waals surface area (Å²) < 4.78 is 18.8. The molecular formula is C22H22FN3O2. The molecule has 0 radical (unpaired) electrons. The Morgan fingerprint density at radius 3 is 2.50 bits per heavy atom. The van der Waals surface area contributed by atoms with Crippen molar-refractivity contribution in [1.29, 1.82) is 5.26 Å². The molecule has 2 aromatic rings. The van der Waals surface area contributed by atoms with Gasteiger partial charge in [-0.15, -0.1) is 0 Å². The fraction of sp³-hybridized carbons (Fsp3) is 0.273. The van der Waals surface area contributed by atoms with Gasteiger partial charge in [-0.1, -0.05) is 18.2 Å². The first-order valence-corrected chi connectivity index (χ1v) is 9.11. The molecule has 28 heavy (non-hydrogen) atoms. The van der Waals surface area contributed by atoms with Gasteiger partial charge < -0.3 is 9.64 Å². The van der Waals surface area contributed by atoms with Gasteiger partial charge in [0.1, 0.15) is 0 Å². The maximum atomic E-state index is 13.8. The van der Waals surface area contributed by atoms with Crippen molar-refractivity contribution < 1.29 is 13.9 Å². The van der Waals surface area contributed by atoms with Crippen LogP contribution >= 0.6 is 0 Å². The second kappa shape index (κ2) is 9.16. The Morgan fingerprint density at radius 1 is 1.18 bits per heavy atom. The van der Waals surface area contributed by atoms with E-state index in [0.717, 1.165) is 24.2 Å². The van der Waals surface area contributed by atoms with Gasteiger partial charge in [0.2, 0.25) is 5.91 Å². The van der Waals surface area contributed by atoms with Gasteiger partial charge in [0.25, 0.3) is 0 Å². The minimum Gasteiger partial charge on any atom is -0.494 e. The fourth-order valence-electron chi connectivity index (χ4n) is 3.13. The highest BCUT2D eigenvalue weighted by molar-refractivity contribution is 5.91. The number of nitriles is 1. The Bertz CT molecular complexity index is 895. The highest BCUT2D eigenvalue weighted by Crippen LogP contribution is 2.19. The molecule has 144 valence electrons. The average Bonchev–Trinajstić information content (AvgIpc) is 2.73. The third-order valence-corrected chi connectivity index (χ3v) is 4.76. The maximum absolute atomic E-state index is 13.8. The molecule has 1 heterocycles. The van der Waals surface area contributed by atoms with Crippen LogP contribution in [-0.4, -0.2) is 49.0 Å². The van der Waals surface area contributed by atoms with Crippen molar-refractivity contribution in [3.05, 3.63) is 71.0 Å². The summed E-state index contributed by atoms with van der Waals surface area (Å²) in [4.78, 5) is 16.4. The smallest absolute Gasteiger partial charge is 0.246 e. The first kappa shape index (κ1) is 19.6. The minimum absolute atomic E-state index is 0.0282. The van der Waals surface area contributed by atoms with E-state index < -0.39 is 0 Å². The highest BCUT2D eigenvalue weighted by Gasteiger charge is 2.20. The molecule has 0 atom stereocenters. The predicted molar refractivity (Wildman–Crippen MR) is 105 cm³/mol. The van der Waals surface area contributed by atoms with E-state index in [1.54, 1.807) is 30.4 Å². The monoisotopic (exact) mass is 379 g/mol. The number of piperazine rings is 1. The molecule has 0 spiro atoms. The van der Waals surface area contributed by atoms with Crippen LogP contribution in [-0.2, 0) is 11.3 Å². The fourth-order valence-corrected chi connectivity index (χ4v) is 3.13. The minimum atomic E-state index is -0.359. The van der Waals surface area contributed by atoms with Crippen molar-refractivity contribution in [2.45, 2.75) is 6.54 Å². The topological polar surface area (TPSA) is 56.6 Å². The van der Waals surface area contributed by atoms with Crippen molar-refractivity contribution >= 4 is 12.0 Å². The largest absolute Gasteiger partial charge is 0.494 e. The van der Waals surface area contributed by atoms with Crippen LogP contribution in [0.4, 0.5) is 4.39 Å². The lowest BCUT2D eigenvalue weighted by molar-refractivity contribution is -0.127. The number of carbonyl (C=O) groups excluding carboxylic acids is 1. The Kier molecular flexibility index (Phi) is 6.41. The molecule has 1 aliphatic rings. The summed E-state index contributed by atoms with van der Waals surface area (Å²) in [6.45, 7) is 3.39. The summed E-state index contributed by atoms with van der Waals surface area (Å²) in [5.41, 5.74) is 2.36. The molecule has 0 unspecified atom stereocenters. The van der Waals surface area contributed by atoms with Crippen molar-refractivity contribution in [2.75, 3.05) is 33.3 Å². The molecule has 0 N–H and O–H groups in total. The van der Waals surface area contributed by atoms with Crippen LogP contribution in [0.1, 0.15) is 16.7 Å². The first-order valence-electron chi connectivity index (χ1n) is 9.11. The molecule has 3 rings (SSSR count). The van der Waals surface area contributed by atoms with Crippen molar-refractivity contribution in [3.8, 4) is 11.8 Å². The van der Waals surface area contributed by atoms with Crippen molar-refractivity contribution in [2.24, 2.45) is 0 Å². The first-order chi connectivity index (χ1) is 13.6.